The second-order valence-electron chi connectivity index (χ2n) is 17.6. The van der Waals surface area contributed by atoms with Gasteiger partial charge in [-0.15, -0.1) is 0 Å². The molecule has 19 N–H and O–H groups in total. The van der Waals surface area contributed by atoms with Gasteiger partial charge < -0.3 is 81.2 Å². The smallest absolute Gasteiger partial charge is 0.326 e. The van der Waals surface area contributed by atoms with Gasteiger partial charge in [0.25, 0.3) is 0 Å². The topological polar surface area (TPSA) is 450 Å². The van der Waals surface area contributed by atoms with Gasteiger partial charge in [-0.05, 0) is 83.6 Å². The molecule has 1 rings (SSSR count). The standard InChI is InChI=1S/C42H75N15O12/c1-21(2)17-27(55-34(61)23(5)52-39(66)33(45)22(3)4)37(64)56-28(18-30(44)58)36(63)50-20-32(60)53-25(11-7-8-14-43)35(62)49-19-31(59)51-24(6)40(67)57-16-10-13-29(57)38(65)54-26(41(68)69)12-9-15-48-42(46)47/h21-29,33H,7-20,43,45H2,1-6H3,(H2,44,58)(H,49,62)(H,50,63)(H,51,59)(H,52,66)(H,53,60)(H,54,65)(H,55,61)(H,56,64)(H,68,69)(H4,46,47,48)/t23-,24-,25-,26-,27-,28-,29-,33-/m0/s1. The van der Waals surface area contributed by atoms with Gasteiger partial charge in [-0.3, -0.25) is 52.9 Å². The highest BCUT2D eigenvalue weighted by molar-refractivity contribution is 5.98. The van der Waals surface area contributed by atoms with E-state index in [0.717, 1.165) is 0 Å². The van der Waals surface area contributed by atoms with E-state index in [9.17, 15) is 57.8 Å². The summed E-state index contributed by atoms with van der Waals surface area (Å²) in [4.78, 5) is 147. The van der Waals surface area contributed by atoms with Crippen LogP contribution in [0.4, 0.5) is 0 Å². The monoisotopic (exact) mass is 982 g/mol. The molecule has 0 bridgehead atoms. The number of hydrogen-bond donors (Lipinski definition) is 14. The highest BCUT2D eigenvalue weighted by atomic mass is 16.4. The molecular formula is C42H75N15O12. The zero-order chi connectivity index (χ0) is 52.5. The van der Waals surface area contributed by atoms with Crippen LogP contribution in [-0.2, 0) is 52.7 Å². The molecule has 0 unspecified atom stereocenters. The number of carboxylic acid groups (broad SMARTS) is 1. The summed E-state index contributed by atoms with van der Waals surface area (Å²) in [6, 6.07) is -9.45. The number of nitrogens with one attached hydrogen (secondary N) is 8. The number of aliphatic imine (C=N–C) groups is 1. The van der Waals surface area contributed by atoms with E-state index in [1.54, 1.807) is 27.7 Å². The van der Waals surface area contributed by atoms with Gasteiger partial charge in [0, 0.05) is 13.1 Å². The van der Waals surface area contributed by atoms with E-state index in [1.165, 1.54) is 18.7 Å². The first kappa shape index (κ1) is 60.4. The minimum absolute atomic E-state index is 0.0231. The van der Waals surface area contributed by atoms with Gasteiger partial charge >= 0.3 is 5.97 Å². The number of hydrogen-bond acceptors (Lipinski definition) is 14. The lowest BCUT2D eigenvalue weighted by atomic mass is 10.0. The molecule has 0 aromatic rings. The fourth-order valence-corrected chi connectivity index (χ4v) is 6.88. The summed E-state index contributed by atoms with van der Waals surface area (Å²) in [7, 11) is 0. The molecular weight excluding hydrogens is 907 g/mol. The second-order valence-corrected chi connectivity index (χ2v) is 17.6. The highest BCUT2D eigenvalue weighted by Gasteiger charge is 2.38. The first-order chi connectivity index (χ1) is 32.3. The lowest BCUT2D eigenvalue weighted by molar-refractivity contribution is -0.144. The average Bonchev–Trinajstić information content (AvgIpc) is 3.76. The van der Waals surface area contributed by atoms with Gasteiger partial charge in [0.1, 0.15) is 42.3 Å². The Labute approximate surface area is 401 Å². The number of carbonyl (C=O) groups is 11. The number of guanidine groups is 1. The zero-order valence-corrected chi connectivity index (χ0v) is 40.4. The Morgan fingerprint density at radius 2 is 1.23 bits per heavy atom. The van der Waals surface area contributed by atoms with Crippen molar-refractivity contribution in [1.82, 2.24) is 47.4 Å². The summed E-state index contributed by atoms with van der Waals surface area (Å²) >= 11 is 0. The van der Waals surface area contributed by atoms with Gasteiger partial charge in [-0.1, -0.05) is 27.7 Å². The first-order valence-electron chi connectivity index (χ1n) is 23.0. The van der Waals surface area contributed by atoms with E-state index in [4.69, 9.17) is 28.7 Å². The number of unbranched alkanes of at least 4 members (excludes halogenated alkanes) is 1. The molecule has 0 aromatic heterocycles. The fourth-order valence-electron chi connectivity index (χ4n) is 6.88. The molecule has 1 heterocycles. The van der Waals surface area contributed by atoms with Crippen LogP contribution in [0.15, 0.2) is 4.99 Å². The maximum Gasteiger partial charge on any atom is 0.326 e. The van der Waals surface area contributed by atoms with Crippen LogP contribution < -0.4 is 71.2 Å². The number of rotatable bonds is 31. The maximum atomic E-state index is 13.5. The minimum Gasteiger partial charge on any atom is -0.480 e. The SMILES string of the molecule is CC(C)C[C@H](NC(=O)[C@H](C)NC(=O)[C@@H](N)C(C)C)C(=O)N[C@@H](CC(N)=O)C(=O)NCC(=O)N[C@@H](CCCCN)C(=O)NCC(=O)N[C@@H](C)C(=O)N1CCC[C@H]1C(=O)N[C@@H](CCCN=C(N)N)C(=O)O. The summed E-state index contributed by atoms with van der Waals surface area (Å²) in [6.07, 6.45) is 1.26. The van der Waals surface area contributed by atoms with Crippen molar-refractivity contribution >= 4 is 71.0 Å². The molecule has 69 heavy (non-hydrogen) atoms. The normalized spacial score (nSPS) is 16.3. The molecule has 0 aliphatic carbocycles. The van der Waals surface area contributed by atoms with Crippen LogP contribution in [0.1, 0.15) is 99.3 Å². The molecule has 8 atom stereocenters. The van der Waals surface area contributed by atoms with Crippen molar-refractivity contribution in [3.8, 4) is 0 Å². The summed E-state index contributed by atoms with van der Waals surface area (Å²) in [5.41, 5.74) is 27.4. The highest BCUT2D eigenvalue weighted by Crippen LogP contribution is 2.19. The number of amides is 10. The molecule has 0 aromatic carbocycles. The van der Waals surface area contributed by atoms with E-state index in [2.05, 4.69) is 47.5 Å². The van der Waals surface area contributed by atoms with Crippen molar-refractivity contribution in [2.75, 3.05) is 32.7 Å². The van der Waals surface area contributed by atoms with E-state index in [-0.39, 0.29) is 69.5 Å². The van der Waals surface area contributed by atoms with E-state index >= 15 is 0 Å². The largest absolute Gasteiger partial charge is 0.480 e. The Balaban J connectivity index is 2.92. The summed E-state index contributed by atoms with van der Waals surface area (Å²) in [5.74, 6) is -9.70. The molecule has 1 aliphatic heterocycles. The van der Waals surface area contributed by atoms with Crippen molar-refractivity contribution in [3.05, 3.63) is 0 Å². The summed E-state index contributed by atoms with van der Waals surface area (Å²) in [6.45, 7) is 8.99. The molecule has 0 saturated carbocycles. The van der Waals surface area contributed by atoms with E-state index in [0.29, 0.717) is 19.3 Å². The predicted molar refractivity (Wildman–Crippen MR) is 250 cm³/mol. The van der Waals surface area contributed by atoms with Crippen LogP contribution in [0, 0.1) is 11.8 Å². The number of nitrogens with zero attached hydrogens (tertiary/aromatic N) is 2. The molecule has 0 radical (unpaired) electrons. The minimum atomic E-state index is -1.59. The number of carboxylic acids is 1. The van der Waals surface area contributed by atoms with Gasteiger partial charge in [0.05, 0.1) is 25.6 Å². The zero-order valence-electron chi connectivity index (χ0n) is 40.4. The molecule has 27 nitrogen and oxygen atoms in total. The van der Waals surface area contributed by atoms with Gasteiger partial charge in [-0.25, -0.2) is 4.79 Å². The predicted octanol–water partition coefficient (Wildman–Crippen LogP) is -5.67. The third kappa shape index (κ3) is 22.8. The van der Waals surface area contributed by atoms with Crippen LogP contribution in [0.2, 0.25) is 0 Å². The maximum absolute atomic E-state index is 13.5. The Hall–Kier alpha value is -6.64. The molecule has 1 saturated heterocycles. The molecule has 390 valence electrons. The van der Waals surface area contributed by atoms with Gasteiger partial charge in [0.15, 0.2) is 5.96 Å². The number of aliphatic carboxylic acids is 1. The van der Waals surface area contributed by atoms with Gasteiger partial charge in [0.2, 0.25) is 59.1 Å². The first-order valence-corrected chi connectivity index (χ1v) is 23.0. The van der Waals surface area contributed by atoms with Crippen LogP contribution in [-0.4, -0.2) is 162 Å². The number of carbonyl (C=O) groups excluding carboxylic acids is 10. The third-order valence-corrected chi connectivity index (χ3v) is 10.7. The van der Waals surface area contributed by atoms with Crippen molar-refractivity contribution in [3.63, 3.8) is 0 Å². The molecule has 1 fully saturated rings. The van der Waals surface area contributed by atoms with Crippen molar-refractivity contribution in [2.45, 2.75) is 148 Å². The van der Waals surface area contributed by atoms with Crippen molar-refractivity contribution in [2.24, 2.45) is 45.5 Å². The fraction of sp³-hybridized carbons (Fsp3) is 0.714. The molecule has 27 heteroatoms. The van der Waals surface area contributed by atoms with E-state index < -0.39 is 133 Å². The Morgan fingerprint density at radius 3 is 1.78 bits per heavy atom. The quantitative estimate of drug-likeness (QED) is 0.0175. The molecule has 0 spiro atoms. The lowest BCUT2D eigenvalue weighted by Gasteiger charge is -2.28. The third-order valence-electron chi connectivity index (χ3n) is 10.7. The average molecular weight is 982 g/mol. The van der Waals surface area contributed by atoms with E-state index in [1.807, 2.05) is 0 Å². The summed E-state index contributed by atoms with van der Waals surface area (Å²) < 4.78 is 0. The molecule has 10 amide bonds. The van der Waals surface area contributed by atoms with Crippen molar-refractivity contribution < 1.29 is 57.8 Å². The van der Waals surface area contributed by atoms with Crippen LogP contribution in [0.3, 0.4) is 0 Å². The number of nitrogens with two attached hydrogens (primary N) is 5. The lowest BCUT2D eigenvalue weighted by Crippen LogP contribution is -2.58. The number of primary amides is 1. The summed E-state index contributed by atoms with van der Waals surface area (Å²) in [5, 5.41) is 29.1. The van der Waals surface area contributed by atoms with Crippen LogP contribution in [0.5, 0.6) is 0 Å². The second kappa shape index (κ2) is 30.7. The van der Waals surface area contributed by atoms with Gasteiger partial charge in [-0.2, -0.15) is 0 Å². The Bertz CT molecular complexity index is 1840. The van der Waals surface area contributed by atoms with Crippen LogP contribution in [0.25, 0.3) is 0 Å². The van der Waals surface area contributed by atoms with Crippen molar-refractivity contribution in [1.29, 1.82) is 0 Å². The number of likely N-dealkylation sites (tertiary alicyclic amines) is 1. The molecule has 1 aliphatic rings. The van der Waals surface area contributed by atoms with Crippen LogP contribution >= 0.6 is 0 Å². The Morgan fingerprint density at radius 1 is 0.652 bits per heavy atom. The Kier molecular flexibility index (Phi) is 26.8.